The van der Waals surface area contributed by atoms with Crippen molar-refractivity contribution in [3.8, 4) is 17.1 Å². The van der Waals surface area contributed by atoms with Gasteiger partial charge < -0.3 is 4.74 Å². The summed E-state index contributed by atoms with van der Waals surface area (Å²) in [6.07, 6.45) is 0.724. The van der Waals surface area contributed by atoms with Gasteiger partial charge in [-0.25, -0.2) is 18.1 Å². The molecule has 0 bridgehead atoms. The van der Waals surface area contributed by atoms with Crippen molar-refractivity contribution < 1.29 is 17.9 Å². The lowest BCUT2D eigenvalue weighted by atomic mass is 10.2. The van der Waals surface area contributed by atoms with Crippen molar-refractivity contribution in [3.63, 3.8) is 0 Å². The second kappa shape index (κ2) is 8.79. The van der Waals surface area contributed by atoms with Crippen molar-refractivity contribution in [2.75, 3.05) is 12.0 Å². The number of ether oxygens (including phenoxy) is 1. The van der Waals surface area contributed by atoms with Crippen LogP contribution in [0.4, 0.5) is 0 Å². The Balaban J connectivity index is 2.03. The SMILES string of the molecule is CC(OC(=O)CCS)c1nc(-c2ccc(S(C)(=O)=O)cc2)n(-c2ccccc2)n1. The minimum absolute atomic E-state index is 0.201. The Labute approximate surface area is 175 Å². The number of hydrogen-bond donors (Lipinski definition) is 1. The van der Waals surface area contributed by atoms with Crippen LogP contribution in [0.5, 0.6) is 0 Å². The zero-order valence-corrected chi connectivity index (χ0v) is 17.7. The number of hydrogen-bond acceptors (Lipinski definition) is 7. The first-order valence-electron chi connectivity index (χ1n) is 8.93. The van der Waals surface area contributed by atoms with Crippen molar-refractivity contribution in [1.82, 2.24) is 14.8 Å². The molecule has 152 valence electrons. The number of carbonyl (C=O) groups is 1. The van der Waals surface area contributed by atoms with Crippen LogP contribution in [-0.2, 0) is 19.4 Å². The number of benzene rings is 2. The van der Waals surface area contributed by atoms with E-state index in [1.165, 1.54) is 12.1 Å². The van der Waals surface area contributed by atoms with E-state index >= 15 is 0 Å². The zero-order chi connectivity index (χ0) is 21.0. The number of rotatable bonds is 7. The predicted molar refractivity (Wildman–Crippen MR) is 113 cm³/mol. The molecule has 1 heterocycles. The van der Waals surface area contributed by atoms with E-state index < -0.39 is 15.9 Å². The number of esters is 1. The first-order valence-corrected chi connectivity index (χ1v) is 11.4. The summed E-state index contributed by atoms with van der Waals surface area (Å²) >= 11 is 4.04. The number of sulfone groups is 1. The Bertz CT molecular complexity index is 1090. The van der Waals surface area contributed by atoms with Gasteiger partial charge in [-0.05, 0) is 43.3 Å². The summed E-state index contributed by atoms with van der Waals surface area (Å²) < 4.78 is 30.5. The summed E-state index contributed by atoms with van der Waals surface area (Å²) in [5.41, 5.74) is 1.47. The van der Waals surface area contributed by atoms with E-state index in [0.717, 1.165) is 11.9 Å². The van der Waals surface area contributed by atoms with Crippen LogP contribution in [-0.4, -0.2) is 41.2 Å². The minimum Gasteiger partial charge on any atom is -0.454 e. The van der Waals surface area contributed by atoms with Gasteiger partial charge in [0.15, 0.2) is 27.6 Å². The van der Waals surface area contributed by atoms with E-state index in [1.54, 1.807) is 23.7 Å². The largest absolute Gasteiger partial charge is 0.454 e. The lowest BCUT2D eigenvalue weighted by Gasteiger charge is -2.08. The van der Waals surface area contributed by atoms with Crippen molar-refractivity contribution >= 4 is 28.4 Å². The molecule has 0 saturated carbocycles. The van der Waals surface area contributed by atoms with E-state index in [1.807, 2.05) is 30.3 Å². The molecule has 0 fully saturated rings. The normalized spacial score (nSPS) is 12.5. The molecule has 3 rings (SSSR count). The molecule has 7 nitrogen and oxygen atoms in total. The molecule has 0 amide bonds. The second-order valence-corrected chi connectivity index (χ2v) is 8.91. The monoisotopic (exact) mass is 431 g/mol. The highest BCUT2D eigenvalue weighted by Crippen LogP contribution is 2.25. The van der Waals surface area contributed by atoms with Gasteiger partial charge in [0.05, 0.1) is 17.0 Å². The fourth-order valence-corrected chi connectivity index (χ4v) is 3.50. The minimum atomic E-state index is -3.30. The van der Waals surface area contributed by atoms with E-state index in [2.05, 4.69) is 22.7 Å². The van der Waals surface area contributed by atoms with E-state index in [-0.39, 0.29) is 17.3 Å². The zero-order valence-electron chi connectivity index (χ0n) is 16.0. The summed E-state index contributed by atoms with van der Waals surface area (Å²) in [7, 11) is -3.30. The van der Waals surface area contributed by atoms with Crippen molar-refractivity contribution in [1.29, 1.82) is 0 Å². The van der Waals surface area contributed by atoms with Gasteiger partial charge in [-0.3, -0.25) is 4.79 Å². The van der Waals surface area contributed by atoms with Crippen molar-refractivity contribution in [2.24, 2.45) is 0 Å². The fourth-order valence-electron chi connectivity index (χ4n) is 2.69. The van der Waals surface area contributed by atoms with Crippen LogP contribution in [0.25, 0.3) is 17.1 Å². The van der Waals surface area contributed by atoms with Gasteiger partial charge in [-0.1, -0.05) is 18.2 Å². The highest BCUT2D eigenvalue weighted by Gasteiger charge is 2.21. The van der Waals surface area contributed by atoms with Crippen LogP contribution in [0.15, 0.2) is 59.5 Å². The van der Waals surface area contributed by atoms with Crippen LogP contribution in [0, 0.1) is 0 Å². The third-order valence-corrected chi connectivity index (χ3v) is 5.50. The molecular weight excluding hydrogens is 410 g/mol. The Morgan fingerprint density at radius 3 is 2.38 bits per heavy atom. The molecule has 1 unspecified atom stereocenters. The van der Waals surface area contributed by atoms with Gasteiger partial charge in [-0.2, -0.15) is 12.6 Å². The van der Waals surface area contributed by atoms with Gasteiger partial charge in [0.25, 0.3) is 0 Å². The maximum absolute atomic E-state index is 11.8. The topological polar surface area (TPSA) is 91.1 Å². The van der Waals surface area contributed by atoms with Crippen LogP contribution < -0.4 is 0 Å². The maximum Gasteiger partial charge on any atom is 0.307 e. The third-order valence-electron chi connectivity index (χ3n) is 4.15. The molecule has 1 atom stereocenters. The summed E-state index contributed by atoms with van der Waals surface area (Å²) in [6, 6.07) is 15.8. The summed E-state index contributed by atoms with van der Waals surface area (Å²) in [5, 5.41) is 4.53. The predicted octanol–water partition coefficient (Wildman–Crippen LogP) is 3.26. The van der Waals surface area contributed by atoms with Crippen molar-refractivity contribution in [3.05, 3.63) is 60.4 Å². The van der Waals surface area contributed by atoms with E-state index in [9.17, 15) is 13.2 Å². The first-order chi connectivity index (χ1) is 13.8. The molecule has 0 aliphatic rings. The number of carbonyl (C=O) groups excluding carboxylic acids is 1. The van der Waals surface area contributed by atoms with Gasteiger partial charge >= 0.3 is 5.97 Å². The molecule has 0 aliphatic carbocycles. The average molecular weight is 432 g/mol. The van der Waals surface area contributed by atoms with Crippen molar-refractivity contribution in [2.45, 2.75) is 24.3 Å². The van der Waals surface area contributed by atoms with Gasteiger partial charge in [0.1, 0.15) is 0 Å². The van der Waals surface area contributed by atoms with Crippen LogP contribution in [0.2, 0.25) is 0 Å². The smallest absolute Gasteiger partial charge is 0.307 e. The van der Waals surface area contributed by atoms with Gasteiger partial charge in [0.2, 0.25) is 0 Å². The maximum atomic E-state index is 11.8. The highest BCUT2D eigenvalue weighted by molar-refractivity contribution is 7.90. The van der Waals surface area contributed by atoms with Crippen LogP contribution >= 0.6 is 12.6 Å². The molecule has 0 saturated heterocycles. The summed E-state index contributed by atoms with van der Waals surface area (Å²) in [4.78, 5) is 16.6. The highest BCUT2D eigenvalue weighted by atomic mass is 32.2. The van der Waals surface area contributed by atoms with Crippen LogP contribution in [0.1, 0.15) is 25.3 Å². The second-order valence-electron chi connectivity index (χ2n) is 6.44. The van der Waals surface area contributed by atoms with Crippen LogP contribution in [0.3, 0.4) is 0 Å². The summed E-state index contributed by atoms with van der Waals surface area (Å²) in [6.45, 7) is 1.71. The Kier molecular flexibility index (Phi) is 6.39. The van der Waals surface area contributed by atoms with Gasteiger partial charge in [0, 0.05) is 17.6 Å². The number of aromatic nitrogens is 3. The summed E-state index contributed by atoms with van der Waals surface area (Å²) in [5.74, 6) is 0.893. The molecule has 2 aromatic carbocycles. The van der Waals surface area contributed by atoms with E-state index in [0.29, 0.717) is 23.0 Å². The molecule has 0 spiro atoms. The average Bonchev–Trinajstić information content (AvgIpc) is 3.14. The standard InChI is InChI=1S/C20H21N3O4S2/c1-14(27-18(24)12-13-28)19-21-20(23(22-19)16-6-4-3-5-7-16)15-8-10-17(11-9-15)29(2,25)26/h3-11,14,28H,12-13H2,1-2H3. The fraction of sp³-hybridized carbons (Fsp3) is 0.250. The molecule has 0 N–H and O–H groups in total. The molecule has 0 radical (unpaired) electrons. The lowest BCUT2D eigenvalue weighted by molar-refractivity contribution is -0.148. The number of para-hydroxylation sites is 1. The Hall–Kier alpha value is -2.65. The first kappa shape index (κ1) is 21.1. The molecule has 0 aliphatic heterocycles. The molecule has 29 heavy (non-hydrogen) atoms. The number of thiol groups is 1. The lowest BCUT2D eigenvalue weighted by Crippen LogP contribution is -2.10. The Morgan fingerprint density at radius 2 is 1.79 bits per heavy atom. The molecule has 3 aromatic rings. The third kappa shape index (κ3) is 5.04. The quantitative estimate of drug-likeness (QED) is 0.456. The van der Waals surface area contributed by atoms with E-state index in [4.69, 9.17) is 4.74 Å². The number of nitrogens with zero attached hydrogens (tertiary/aromatic N) is 3. The molecular formula is C20H21N3O4S2. The Morgan fingerprint density at radius 1 is 1.14 bits per heavy atom. The van der Waals surface area contributed by atoms with Gasteiger partial charge in [-0.15, -0.1) is 5.10 Å². The molecule has 1 aromatic heterocycles. The molecule has 9 heteroatoms.